The summed E-state index contributed by atoms with van der Waals surface area (Å²) in [6.45, 7) is -0.109. The first-order valence-corrected chi connectivity index (χ1v) is 7.50. The number of benzene rings is 1. The standard InChI is InChI=1S/C13H11BrF2INO3/c1-21-12(20)13(15,16)6-10(17)7-18-11(19)8-2-4-9(14)5-3-8/h2-6H,7H2,1H3,(H,18,19). The molecule has 8 heteroatoms. The van der Waals surface area contributed by atoms with Crippen molar-refractivity contribution in [1.29, 1.82) is 0 Å². The van der Waals surface area contributed by atoms with Gasteiger partial charge in [-0.1, -0.05) is 15.9 Å². The normalized spacial score (nSPS) is 12.0. The molecule has 0 bridgehead atoms. The quantitative estimate of drug-likeness (QED) is 0.527. The molecule has 0 fully saturated rings. The number of carbonyl (C=O) groups is 2. The van der Waals surface area contributed by atoms with Crippen molar-refractivity contribution in [2.75, 3.05) is 13.7 Å². The minimum atomic E-state index is -3.71. The summed E-state index contributed by atoms with van der Waals surface area (Å²) in [6, 6.07) is 6.58. The molecule has 0 aromatic heterocycles. The number of halogens is 4. The van der Waals surface area contributed by atoms with Crippen molar-refractivity contribution in [2.45, 2.75) is 5.92 Å². The van der Waals surface area contributed by atoms with Crippen LogP contribution < -0.4 is 5.32 Å². The Bertz CT molecular complexity index is 561. The zero-order valence-corrected chi connectivity index (χ0v) is 14.6. The molecule has 0 saturated heterocycles. The van der Waals surface area contributed by atoms with Crippen molar-refractivity contribution >= 4 is 50.4 Å². The first-order valence-electron chi connectivity index (χ1n) is 5.63. The van der Waals surface area contributed by atoms with Crippen molar-refractivity contribution in [3.63, 3.8) is 0 Å². The molecule has 0 aliphatic carbocycles. The fourth-order valence-corrected chi connectivity index (χ4v) is 2.16. The van der Waals surface area contributed by atoms with Crippen molar-refractivity contribution in [3.8, 4) is 0 Å². The Balaban J connectivity index is 2.64. The molecular formula is C13H11BrF2INO3. The summed E-state index contributed by atoms with van der Waals surface area (Å²) in [5.74, 6) is -5.75. The molecule has 0 atom stereocenters. The van der Waals surface area contributed by atoms with Crippen LogP contribution in [-0.4, -0.2) is 31.5 Å². The first kappa shape index (κ1) is 18.0. The van der Waals surface area contributed by atoms with Gasteiger partial charge in [0, 0.05) is 26.2 Å². The highest BCUT2D eigenvalue weighted by molar-refractivity contribution is 14.1. The highest BCUT2D eigenvalue weighted by Crippen LogP contribution is 2.21. The minimum Gasteiger partial charge on any atom is -0.464 e. The Morgan fingerprint density at radius 2 is 1.95 bits per heavy atom. The highest BCUT2D eigenvalue weighted by Gasteiger charge is 2.37. The second-order valence-corrected chi connectivity index (χ2v) is 6.20. The van der Waals surface area contributed by atoms with Gasteiger partial charge < -0.3 is 10.1 Å². The van der Waals surface area contributed by atoms with Crippen LogP contribution in [0.25, 0.3) is 0 Å². The van der Waals surface area contributed by atoms with E-state index in [1.165, 1.54) is 0 Å². The summed E-state index contributed by atoms with van der Waals surface area (Å²) in [4.78, 5) is 22.6. The van der Waals surface area contributed by atoms with E-state index in [-0.39, 0.29) is 10.1 Å². The summed E-state index contributed by atoms with van der Waals surface area (Å²) < 4.78 is 31.5. The van der Waals surface area contributed by atoms with Crippen molar-refractivity contribution in [2.24, 2.45) is 0 Å². The zero-order valence-electron chi connectivity index (χ0n) is 10.8. The number of hydrogen-bond acceptors (Lipinski definition) is 3. The molecule has 0 radical (unpaired) electrons. The predicted octanol–water partition coefficient (Wildman–Crippen LogP) is 3.31. The third-order valence-corrected chi connectivity index (χ3v) is 3.54. The lowest BCUT2D eigenvalue weighted by Crippen LogP contribution is -2.29. The summed E-state index contributed by atoms with van der Waals surface area (Å²) in [7, 11) is 0.881. The van der Waals surface area contributed by atoms with E-state index in [2.05, 4.69) is 26.0 Å². The maximum atomic E-state index is 13.3. The summed E-state index contributed by atoms with van der Waals surface area (Å²) in [5.41, 5.74) is 0.405. The van der Waals surface area contributed by atoms with Gasteiger partial charge >= 0.3 is 11.9 Å². The fraction of sp³-hybridized carbons (Fsp3) is 0.231. The zero-order chi connectivity index (χ0) is 16.0. The van der Waals surface area contributed by atoms with Crippen molar-refractivity contribution in [1.82, 2.24) is 5.32 Å². The van der Waals surface area contributed by atoms with E-state index in [9.17, 15) is 18.4 Å². The first-order chi connectivity index (χ1) is 9.76. The molecular weight excluding hydrogens is 463 g/mol. The Labute approximate surface area is 142 Å². The lowest BCUT2D eigenvalue weighted by molar-refractivity contribution is -0.161. The predicted molar refractivity (Wildman–Crippen MR) is 85.5 cm³/mol. The van der Waals surface area contributed by atoms with Gasteiger partial charge in [-0.3, -0.25) is 4.79 Å². The molecule has 1 rings (SSSR count). The number of amides is 1. The van der Waals surface area contributed by atoms with Crippen LogP contribution in [0, 0.1) is 0 Å². The van der Waals surface area contributed by atoms with Crippen LogP contribution in [0.4, 0.5) is 8.78 Å². The third-order valence-electron chi connectivity index (χ3n) is 2.32. The third kappa shape index (κ3) is 5.70. The molecule has 114 valence electrons. The molecule has 0 aliphatic heterocycles. The van der Waals surface area contributed by atoms with Crippen molar-refractivity contribution < 1.29 is 23.1 Å². The smallest absolute Gasteiger partial charge is 0.381 e. The van der Waals surface area contributed by atoms with Gasteiger partial charge in [-0.2, -0.15) is 8.78 Å². The van der Waals surface area contributed by atoms with Crippen molar-refractivity contribution in [3.05, 3.63) is 44.0 Å². The van der Waals surface area contributed by atoms with Crippen LogP contribution in [0.3, 0.4) is 0 Å². The van der Waals surface area contributed by atoms with Crippen LogP contribution in [0.2, 0.25) is 0 Å². The van der Waals surface area contributed by atoms with E-state index in [0.717, 1.165) is 11.6 Å². The molecule has 0 aliphatic rings. The number of methoxy groups -OCH3 is 1. The van der Waals surface area contributed by atoms with Crippen LogP contribution >= 0.6 is 38.5 Å². The van der Waals surface area contributed by atoms with E-state index in [0.29, 0.717) is 11.6 Å². The van der Waals surface area contributed by atoms with Crippen LogP contribution in [-0.2, 0) is 9.53 Å². The maximum Gasteiger partial charge on any atom is 0.381 e. The largest absolute Gasteiger partial charge is 0.464 e. The summed E-state index contributed by atoms with van der Waals surface area (Å²) in [6.07, 6.45) is 0.460. The Kier molecular flexibility index (Phi) is 6.72. The molecule has 1 aromatic carbocycles. The van der Waals surface area contributed by atoms with Crippen LogP contribution in [0.5, 0.6) is 0 Å². The number of carbonyl (C=O) groups excluding carboxylic acids is 2. The number of ether oxygens (including phenoxy) is 1. The monoisotopic (exact) mass is 473 g/mol. The number of alkyl halides is 2. The summed E-state index contributed by atoms with van der Waals surface area (Å²) in [5, 5.41) is 2.48. The van der Waals surface area contributed by atoms with Crippen LogP contribution in [0.15, 0.2) is 38.4 Å². The van der Waals surface area contributed by atoms with Gasteiger partial charge in [0.2, 0.25) is 0 Å². The average Bonchev–Trinajstić information content (AvgIpc) is 2.44. The van der Waals surface area contributed by atoms with Gasteiger partial charge in [-0.25, -0.2) is 4.79 Å². The van der Waals surface area contributed by atoms with Gasteiger partial charge in [0.15, 0.2) is 0 Å². The van der Waals surface area contributed by atoms with Gasteiger partial charge in [0.1, 0.15) is 0 Å². The van der Waals surface area contributed by atoms with Crippen LogP contribution in [0.1, 0.15) is 10.4 Å². The SMILES string of the molecule is COC(=O)C(F)(F)C=C(I)CNC(=O)c1ccc(Br)cc1. The van der Waals surface area contributed by atoms with E-state index >= 15 is 0 Å². The molecule has 21 heavy (non-hydrogen) atoms. The molecule has 0 saturated carbocycles. The summed E-state index contributed by atoms with van der Waals surface area (Å²) >= 11 is 4.87. The molecule has 0 heterocycles. The van der Waals surface area contributed by atoms with E-state index in [4.69, 9.17) is 0 Å². The lowest BCUT2D eigenvalue weighted by atomic mass is 10.2. The lowest BCUT2D eigenvalue weighted by Gasteiger charge is -2.10. The second-order valence-electron chi connectivity index (χ2n) is 3.90. The molecule has 0 spiro atoms. The van der Waals surface area contributed by atoms with Gasteiger partial charge in [0.25, 0.3) is 5.91 Å². The van der Waals surface area contributed by atoms with Gasteiger partial charge in [-0.15, -0.1) is 0 Å². The van der Waals surface area contributed by atoms with E-state index < -0.39 is 17.8 Å². The number of rotatable bonds is 5. The molecule has 4 nitrogen and oxygen atoms in total. The van der Waals surface area contributed by atoms with E-state index in [1.54, 1.807) is 46.9 Å². The topological polar surface area (TPSA) is 55.4 Å². The van der Waals surface area contributed by atoms with Gasteiger partial charge in [-0.05, 0) is 46.9 Å². The molecule has 1 aromatic rings. The minimum absolute atomic E-state index is 0.109. The number of hydrogen-bond donors (Lipinski definition) is 1. The molecule has 1 N–H and O–H groups in total. The number of nitrogens with one attached hydrogen (secondary N) is 1. The Hall–Kier alpha value is -1.03. The second kappa shape index (κ2) is 7.83. The maximum absolute atomic E-state index is 13.3. The Morgan fingerprint density at radius 3 is 2.48 bits per heavy atom. The Morgan fingerprint density at radius 1 is 1.38 bits per heavy atom. The fourth-order valence-electron chi connectivity index (χ4n) is 1.31. The van der Waals surface area contributed by atoms with Gasteiger partial charge in [0.05, 0.1) is 7.11 Å². The molecule has 0 unspecified atom stereocenters. The number of esters is 1. The highest BCUT2D eigenvalue weighted by atomic mass is 127. The average molecular weight is 474 g/mol. The van der Waals surface area contributed by atoms with E-state index in [1.807, 2.05) is 0 Å². The molecule has 1 amide bonds.